The standard InChI is InChI=1S/C20H19N3O5S/c1-28-17-7-2-3-8-18(17)29(26,27)22-14-5-4-6-15(11-14)23-19(13-9-10-13)16(12-21-23)20(24)25/h2-8,11-13,22H,9-10H2,1H3,(H,24,25). The van der Waals surface area contributed by atoms with Gasteiger partial charge >= 0.3 is 5.97 Å². The molecule has 0 saturated heterocycles. The number of rotatable bonds is 7. The number of carboxylic acid groups (broad SMARTS) is 1. The topological polar surface area (TPSA) is 111 Å². The van der Waals surface area contributed by atoms with Crippen LogP contribution in [0.2, 0.25) is 0 Å². The Balaban J connectivity index is 1.70. The molecule has 0 atom stereocenters. The van der Waals surface area contributed by atoms with Crippen LogP contribution in [0.3, 0.4) is 0 Å². The van der Waals surface area contributed by atoms with Crippen molar-refractivity contribution in [3.05, 3.63) is 66.0 Å². The van der Waals surface area contributed by atoms with E-state index in [-0.39, 0.29) is 22.1 Å². The summed E-state index contributed by atoms with van der Waals surface area (Å²) < 4.78 is 34.9. The van der Waals surface area contributed by atoms with Crippen molar-refractivity contribution in [3.63, 3.8) is 0 Å². The summed E-state index contributed by atoms with van der Waals surface area (Å²) in [5.74, 6) is -0.631. The van der Waals surface area contributed by atoms with Crippen molar-refractivity contribution in [2.75, 3.05) is 11.8 Å². The molecule has 0 amide bonds. The summed E-state index contributed by atoms with van der Waals surface area (Å²) in [5.41, 5.74) is 1.73. The molecule has 9 heteroatoms. The molecule has 0 bridgehead atoms. The molecule has 0 radical (unpaired) electrons. The zero-order valence-corrected chi connectivity index (χ0v) is 16.4. The van der Waals surface area contributed by atoms with Crippen LogP contribution < -0.4 is 9.46 Å². The van der Waals surface area contributed by atoms with Crippen LogP contribution in [-0.2, 0) is 10.0 Å². The highest BCUT2D eigenvalue weighted by molar-refractivity contribution is 7.92. The predicted octanol–water partition coefficient (Wildman–Crippen LogP) is 3.26. The average Bonchev–Trinajstić information content (AvgIpc) is 3.45. The van der Waals surface area contributed by atoms with Gasteiger partial charge < -0.3 is 9.84 Å². The molecule has 150 valence electrons. The maximum absolute atomic E-state index is 12.8. The number of methoxy groups -OCH3 is 1. The number of carbonyl (C=O) groups is 1. The fourth-order valence-electron chi connectivity index (χ4n) is 3.23. The molecule has 1 saturated carbocycles. The van der Waals surface area contributed by atoms with Gasteiger partial charge in [-0.1, -0.05) is 18.2 Å². The Morgan fingerprint density at radius 2 is 1.97 bits per heavy atom. The van der Waals surface area contributed by atoms with Crippen LogP contribution in [0.1, 0.15) is 34.8 Å². The molecule has 1 aliphatic carbocycles. The quantitative estimate of drug-likeness (QED) is 0.615. The molecule has 1 heterocycles. The Kier molecular flexibility index (Phi) is 4.75. The van der Waals surface area contributed by atoms with E-state index in [2.05, 4.69) is 9.82 Å². The number of nitrogens with one attached hydrogen (secondary N) is 1. The van der Waals surface area contributed by atoms with Gasteiger partial charge in [0.15, 0.2) is 0 Å². The van der Waals surface area contributed by atoms with Gasteiger partial charge in [-0.15, -0.1) is 0 Å². The molecule has 1 aliphatic rings. The number of benzene rings is 2. The first-order chi connectivity index (χ1) is 13.9. The number of para-hydroxylation sites is 1. The van der Waals surface area contributed by atoms with Crippen LogP contribution in [0, 0.1) is 0 Å². The third-order valence-electron chi connectivity index (χ3n) is 4.70. The van der Waals surface area contributed by atoms with E-state index in [1.54, 1.807) is 47.1 Å². The summed E-state index contributed by atoms with van der Waals surface area (Å²) in [5, 5.41) is 13.7. The number of carboxylic acids is 1. The number of anilines is 1. The molecule has 0 spiro atoms. The van der Waals surface area contributed by atoms with Gasteiger partial charge in [0.25, 0.3) is 10.0 Å². The molecule has 0 unspecified atom stereocenters. The number of ether oxygens (including phenoxy) is 1. The van der Waals surface area contributed by atoms with Gasteiger partial charge in [-0.05, 0) is 43.2 Å². The summed E-state index contributed by atoms with van der Waals surface area (Å²) in [6.07, 6.45) is 3.15. The Hall–Kier alpha value is -3.33. The molecule has 29 heavy (non-hydrogen) atoms. The van der Waals surface area contributed by atoms with Crippen molar-refractivity contribution >= 4 is 21.7 Å². The van der Waals surface area contributed by atoms with Gasteiger partial charge in [0.2, 0.25) is 0 Å². The van der Waals surface area contributed by atoms with Crippen molar-refractivity contribution in [3.8, 4) is 11.4 Å². The zero-order chi connectivity index (χ0) is 20.6. The minimum absolute atomic E-state index is 0.0267. The number of hydrogen-bond donors (Lipinski definition) is 2. The van der Waals surface area contributed by atoms with Gasteiger partial charge in [-0.3, -0.25) is 4.72 Å². The van der Waals surface area contributed by atoms with Gasteiger partial charge in [-0.2, -0.15) is 5.10 Å². The van der Waals surface area contributed by atoms with E-state index < -0.39 is 16.0 Å². The lowest BCUT2D eigenvalue weighted by molar-refractivity contribution is 0.0695. The second-order valence-corrected chi connectivity index (χ2v) is 8.39. The number of hydrogen-bond acceptors (Lipinski definition) is 5. The van der Waals surface area contributed by atoms with E-state index in [1.807, 2.05) is 0 Å². The lowest BCUT2D eigenvalue weighted by atomic mass is 10.1. The highest BCUT2D eigenvalue weighted by atomic mass is 32.2. The highest BCUT2D eigenvalue weighted by Gasteiger charge is 2.33. The van der Waals surface area contributed by atoms with Crippen molar-refractivity contribution in [2.24, 2.45) is 0 Å². The van der Waals surface area contributed by atoms with E-state index in [9.17, 15) is 18.3 Å². The molecule has 1 aromatic heterocycles. The molecule has 2 aromatic carbocycles. The maximum atomic E-state index is 12.8. The third kappa shape index (κ3) is 3.68. The normalized spacial score (nSPS) is 13.8. The highest BCUT2D eigenvalue weighted by Crippen LogP contribution is 2.42. The van der Waals surface area contributed by atoms with Gasteiger partial charge in [0.1, 0.15) is 16.2 Å². The number of nitrogens with zero attached hydrogens (tertiary/aromatic N) is 2. The van der Waals surface area contributed by atoms with E-state index in [4.69, 9.17) is 4.74 Å². The summed E-state index contributed by atoms with van der Waals surface area (Å²) in [6, 6.07) is 13.0. The second kappa shape index (κ2) is 7.25. The lowest BCUT2D eigenvalue weighted by Crippen LogP contribution is -2.14. The van der Waals surface area contributed by atoms with Crippen LogP contribution in [0.15, 0.2) is 59.6 Å². The lowest BCUT2D eigenvalue weighted by Gasteiger charge is -2.13. The summed E-state index contributed by atoms with van der Waals surface area (Å²) >= 11 is 0. The van der Waals surface area contributed by atoms with Crippen LogP contribution in [0.25, 0.3) is 5.69 Å². The van der Waals surface area contributed by atoms with Crippen LogP contribution in [0.5, 0.6) is 5.75 Å². The van der Waals surface area contributed by atoms with E-state index in [0.29, 0.717) is 17.1 Å². The predicted molar refractivity (Wildman–Crippen MR) is 106 cm³/mol. The van der Waals surface area contributed by atoms with E-state index >= 15 is 0 Å². The summed E-state index contributed by atoms with van der Waals surface area (Å²) in [6.45, 7) is 0. The van der Waals surface area contributed by atoms with Crippen molar-refractivity contribution in [1.29, 1.82) is 0 Å². The van der Waals surface area contributed by atoms with Crippen LogP contribution in [-0.4, -0.2) is 36.4 Å². The Labute approximate surface area is 167 Å². The molecule has 4 rings (SSSR count). The first-order valence-electron chi connectivity index (χ1n) is 8.98. The first kappa shape index (κ1) is 19.0. The smallest absolute Gasteiger partial charge is 0.339 e. The zero-order valence-electron chi connectivity index (χ0n) is 15.6. The van der Waals surface area contributed by atoms with Gasteiger partial charge in [0.05, 0.1) is 30.4 Å². The largest absolute Gasteiger partial charge is 0.495 e. The van der Waals surface area contributed by atoms with E-state index in [1.165, 1.54) is 19.4 Å². The first-order valence-corrected chi connectivity index (χ1v) is 10.5. The van der Waals surface area contributed by atoms with Gasteiger partial charge in [0, 0.05) is 5.92 Å². The fraction of sp³-hybridized carbons (Fsp3) is 0.200. The second-order valence-electron chi connectivity index (χ2n) is 6.74. The van der Waals surface area contributed by atoms with Crippen molar-refractivity contribution in [2.45, 2.75) is 23.7 Å². The molecule has 8 nitrogen and oxygen atoms in total. The third-order valence-corrected chi connectivity index (χ3v) is 6.12. The van der Waals surface area contributed by atoms with E-state index in [0.717, 1.165) is 12.8 Å². The molecular formula is C20H19N3O5S. The van der Waals surface area contributed by atoms with Crippen LogP contribution in [0.4, 0.5) is 5.69 Å². The average molecular weight is 413 g/mol. The minimum atomic E-state index is -3.88. The van der Waals surface area contributed by atoms with Crippen LogP contribution >= 0.6 is 0 Å². The number of sulfonamides is 1. The number of aromatic nitrogens is 2. The van der Waals surface area contributed by atoms with Crippen molar-refractivity contribution in [1.82, 2.24) is 9.78 Å². The van der Waals surface area contributed by atoms with Gasteiger partial charge in [-0.25, -0.2) is 17.9 Å². The summed E-state index contributed by atoms with van der Waals surface area (Å²) in [4.78, 5) is 11.5. The Bertz CT molecular complexity index is 1180. The Morgan fingerprint density at radius 3 is 2.66 bits per heavy atom. The molecule has 3 aromatic rings. The molecule has 0 aliphatic heterocycles. The molecule has 1 fully saturated rings. The molecule has 2 N–H and O–H groups in total. The summed E-state index contributed by atoms with van der Waals surface area (Å²) in [7, 11) is -2.47. The molecular weight excluding hydrogens is 394 g/mol. The SMILES string of the molecule is COc1ccccc1S(=O)(=O)Nc1cccc(-n2ncc(C(=O)O)c2C2CC2)c1. The minimum Gasteiger partial charge on any atom is -0.495 e. The fourth-order valence-corrected chi connectivity index (χ4v) is 4.45. The Morgan fingerprint density at radius 1 is 1.21 bits per heavy atom. The number of aromatic carboxylic acids is 1. The monoisotopic (exact) mass is 413 g/mol. The van der Waals surface area contributed by atoms with Crippen molar-refractivity contribution < 1.29 is 23.1 Å². The maximum Gasteiger partial charge on any atom is 0.339 e.